The molecule has 1 rings (SSSR count). The van der Waals surface area contributed by atoms with Crippen molar-refractivity contribution in [2.45, 2.75) is 45.1 Å². The Kier molecular flexibility index (Phi) is 4.22. The Morgan fingerprint density at radius 1 is 1.54 bits per heavy atom. The summed E-state index contributed by atoms with van der Waals surface area (Å²) >= 11 is 0. The molecule has 1 aliphatic carbocycles. The monoisotopic (exact) mass is 186 g/mol. The van der Waals surface area contributed by atoms with E-state index in [1.54, 1.807) is 0 Å². The van der Waals surface area contributed by atoms with Crippen LogP contribution in [0.4, 0.5) is 0 Å². The molecule has 2 atom stereocenters. The number of carbonyl (C=O) groups is 1. The number of aliphatic carboxylic acids is 1. The first kappa shape index (κ1) is 10.5. The Bertz CT molecular complexity index is 168. The summed E-state index contributed by atoms with van der Waals surface area (Å²) in [6.07, 6.45) is 4.75. The fourth-order valence-electron chi connectivity index (χ4n) is 1.81. The molecule has 3 nitrogen and oxygen atoms in total. The van der Waals surface area contributed by atoms with Gasteiger partial charge in [-0.15, -0.1) is 0 Å². The highest BCUT2D eigenvalue weighted by molar-refractivity contribution is 5.70. The summed E-state index contributed by atoms with van der Waals surface area (Å²) in [5.74, 6) is -0.833. The summed E-state index contributed by atoms with van der Waals surface area (Å²) in [6.45, 7) is 2.83. The van der Waals surface area contributed by atoms with Gasteiger partial charge in [0.2, 0.25) is 0 Å². The van der Waals surface area contributed by atoms with E-state index >= 15 is 0 Å². The molecule has 0 spiro atoms. The predicted octanol–water partition coefficient (Wildman–Crippen LogP) is 2.06. The second-order valence-electron chi connectivity index (χ2n) is 3.69. The first-order valence-corrected chi connectivity index (χ1v) is 5.08. The van der Waals surface area contributed by atoms with Crippen molar-refractivity contribution in [1.82, 2.24) is 0 Å². The fourth-order valence-corrected chi connectivity index (χ4v) is 1.81. The average Bonchev–Trinajstić information content (AvgIpc) is 2.15. The minimum absolute atomic E-state index is 0.171. The second-order valence-corrected chi connectivity index (χ2v) is 3.69. The van der Waals surface area contributed by atoms with Crippen molar-refractivity contribution in [2.75, 3.05) is 6.61 Å². The quantitative estimate of drug-likeness (QED) is 0.731. The Labute approximate surface area is 79.1 Å². The number of carboxylic acid groups (broad SMARTS) is 1. The van der Waals surface area contributed by atoms with Gasteiger partial charge in [0.05, 0.1) is 12.0 Å². The van der Waals surface area contributed by atoms with Gasteiger partial charge in [0.15, 0.2) is 0 Å². The van der Waals surface area contributed by atoms with Crippen molar-refractivity contribution in [1.29, 1.82) is 0 Å². The maximum absolute atomic E-state index is 10.7. The Morgan fingerprint density at radius 3 is 2.92 bits per heavy atom. The van der Waals surface area contributed by atoms with Crippen LogP contribution < -0.4 is 0 Å². The lowest BCUT2D eigenvalue weighted by atomic mass is 9.87. The van der Waals surface area contributed by atoms with Crippen molar-refractivity contribution in [2.24, 2.45) is 5.92 Å². The average molecular weight is 186 g/mol. The van der Waals surface area contributed by atoms with E-state index in [9.17, 15) is 4.79 Å². The summed E-state index contributed by atoms with van der Waals surface area (Å²) < 4.78 is 5.55. The molecule has 0 unspecified atom stereocenters. The van der Waals surface area contributed by atoms with Crippen molar-refractivity contribution in [3.8, 4) is 0 Å². The largest absolute Gasteiger partial charge is 0.481 e. The van der Waals surface area contributed by atoms with Crippen LogP contribution >= 0.6 is 0 Å². The summed E-state index contributed by atoms with van der Waals surface area (Å²) in [5.41, 5.74) is 0. The molecule has 0 radical (unpaired) electrons. The molecule has 0 amide bonds. The highest BCUT2D eigenvalue weighted by atomic mass is 16.5. The normalized spacial score (nSPS) is 28.7. The van der Waals surface area contributed by atoms with E-state index in [4.69, 9.17) is 9.84 Å². The van der Waals surface area contributed by atoms with Gasteiger partial charge >= 0.3 is 5.97 Å². The van der Waals surface area contributed by atoms with Gasteiger partial charge in [0, 0.05) is 6.61 Å². The molecule has 1 saturated carbocycles. The summed E-state index contributed by atoms with van der Waals surface area (Å²) in [7, 11) is 0. The molecule has 0 aromatic carbocycles. The van der Waals surface area contributed by atoms with Gasteiger partial charge in [0.25, 0.3) is 0 Å². The highest BCUT2D eigenvalue weighted by Gasteiger charge is 2.26. The van der Waals surface area contributed by atoms with Gasteiger partial charge < -0.3 is 9.84 Å². The molecule has 13 heavy (non-hydrogen) atoms. The first-order valence-electron chi connectivity index (χ1n) is 5.08. The van der Waals surface area contributed by atoms with Crippen molar-refractivity contribution < 1.29 is 14.6 Å². The smallest absolute Gasteiger partial charge is 0.306 e. The molecule has 1 fully saturated rings. The van der Waals surface area contributed by atoms with Crippen LogP contribution in [0.2, 0.25) is 0 Å². The van der Waals surface area contributed by atoms with Crippen LogP contribution in [0.5, 0.6) is 0 Å². The number of hydrogen-bond acceptors (Lipinski definition) is 2. The maximum Gasteiger partial charge on any atom is 0.306 e. The van der Waals surface area contributed by atoms with E-state index < -0.39 is 5.97 Å². The molecule has 1 N–H and O–H groups in total. The molecular weight excluding hydrogens is 168 g/mol. The van der Waals surface area contributed by atoms with Gasteiger partial charge in [0.1, 0.15) is 0 Å². The number of carboxylic acids is 1. The number of rotatable bonds is 4. The lowest BCUT2D eigenvalue weighted by Gasteiger charge is -2.26. The standard InChI is InChI=1S/C10H18O3/c1-2-6-13-9-5-3-4-8(7-9)10(11)12/h8-9H,2-7H2,1H3,(H,11,12)/t8-,9+/m0/s1. The Hall–Kier alpha value is -0.570. The third kappa shape index (κ3) is 3.35. The van der Waals surface area contributed by atoms with Crippen LogP contribution in [0.1, 0.15) is 39.0 Å². The topological polar surface area (TPSA) is 46.5 Å². The Morgan fingerprint density at radius 2 is 2.31 bits per heavy atom. The highest BCUT2D eigenvalue weighted by Crippen LogP contribution is 2.26. The van der Waals surface area contributed by atoms with E-state index in [1.807, 2.05) is 0 Å². The summed E-state index contributed by atoms with van der Waals surface area (Å²) in [4.78, 5) is 10.7. The molecule has 3 heteroatoms. The number of hydrogen-bond donors (Lipinski definition) is 1. The van der Waals surface area contributed by atoms with Gasteiger partial charge in [-0.1, -0.05) is 13.3 Å². The predicted molar refractivity (Wildman–Crippen MR) is 49.6 cm³/mol. The van der Waals surface area contributed by atoms with Crippen molar-refractivity contribution >= 4 is 5.97 Å². The molecule has 0 heterocycles. The number of ether oxygens (including phenoxy) is 1. The van der Waals surface area contributed by atoms with E-state index in [0.717, 1.165) is 32.3 Å². The lowest BCUT2D eigenvalue weighted by molar-refractivity contribution is -0.144. The van der Waals surface area contributed by atoms with E-state index in [1.165, 1.54) is 0 Å². The van der Waals surface area contributed by atoms with Gasteiger partial charge in [-0.3, -0.25) is 4.79 Å². The minimum Gasteiger partial charge on any atom is -0.481 e. The molecule has 0 saturated heterocycles. The third-order valence-corrected chi connectivity index (χ3v) is 2.53. The zero-order valence-corrected chi connectivity index (χ0v) is 8.16. The van der Waals surface area contributed by atoms with Gasteiger partial charge in [-0.25, -0.2) is 0 Å². The maximum atomic E-state index is 10.7. The molecule has 0 bridgehead atoms. The fraction of sp³-hybridized carbons (Fsp3) is 0.900. The van der Waals surface area contributed by atoms with Crippen molar-refractivity contribution in [3.05, 3.63) is 0 Å². The third-order valence-electron chi connectivity index (χ3n) is 2.53. The zero-order chi connectivity index (χ0) is 9.68. The van der Waals surface area contributed by atoms with Crippen molar-refractivity contribution in [3.63, 3.8) is 0 Å². The zero-order valence-electron chi connectivity index (χ0n) is 8.16. The van der Waals surface area contributed by atoms with E-state index in [2.05, 4.69) is 6.92 Å². The minimum atomic E-state index is -0.662. The SMILES string of the molecule is CCCO[C@@H]1CCC[C@H](C(=O)O)C1. The molecular formula is C10H18O3. The van der Waals surface area contributed by atoms with Crippen LogP contribution in [0.15, 0.2) is 0 Å². The van der Waals surface area contributed by atoms with E-state index in [-0.39, 0.29) is 12.0 Å². The summed E-state index contributed by atoms with van der Waals surface area (Å²) in [5, 5.41) is 8.83. The lowest BCUT2D eigenvalue weighted by Crippen LogP contribution is -2.27. The van der Waals surface area contributed by atoms with E-state index in [0.29, 0.717) is 6.42 Å². The molecule has 76 valence electrons. The van der Waals surface area contributed by atoms with Crippen LogP contribution in [-0.2, 0) is 9.53 Å². The van der Waals surface area contributed by atoms with Gasteiger partial charge in [-0.2, -0.15) is 0 Å². The Balaban J connectivity index is 2.29. The molecule has 0 aromatic heterocycles. The molecule has 0 aromatic rings. The first-order chi connectivity index (χ1) is 6.24. The summed E-state index contributed by atoms with van der Waals surface area (Å²) in [6, 6.07) is 0. The van der Waals surface area contributed by atoms with Gasteiger partial charge in [-0.05, 0) is 25.7 Å². The van der Waals surface area contributed by atoms with Crippen LogP contribution in [0, 0.1) is 5.92 Å². The second kappa shape index (κ2) is 5.22. The van der Waals surface area contributed by atoms with Crippen LogP contribution in [0.3, 0.4) is 0 Å². The molecule has 0 aliphatic heterocycles. The molecule has 1 aliphatic rings. The van der Waals surface area contributed by atoms with Crippen LogP contribution in [0.25, 0.3) is 0 Å². The van der Waals surface area contributed by atoms with Crippen LogP contribution in [-0.4, -0.2) is 23.8 Å².